The van der Waals surface area contributed by atoms with Gasteiger partial charge >= 0.3 is 5.97 Å². The Hall–Kier alpha value is -1.99. The van der Waals surface area contributed by atoms with Crippen LogP contribution in [0.15, 0.2) is 23.2 Å². The van der Waals surface area contributed by atoms with Crippen LogP contribution in [0.3, 0.4) is 0 Å². The van der Waals surface area contributed by atoms with E-state index in [9.17, 15) is 4.79 Å². The van der Waals surface area contributed by atoms with E-state index in [1.165, 1.54) is 12.8 Å². The molecule has 0 bridgehead atoms. The highest BCUT2D eigenvalue weighted by atomic mass is 32.1. The van der Waals surface area contributed by atoms with E-state index >= 15 is 0 Å². The first-order chi connectivity index (χ1) is 13.0. The van der Waals surface area contributed by atoms with Crippen LogP contribution in [0.25, 0.3) is 0 Å². The van der Waals surface area contributed by atoms with Crippen molar-refractivity contribution in [2.45, 2.75) is 39.3 Å². The molecule has 1 aromatic rings. The third kappa shape index (κ3) is 4.47. The zero-order chi connectivity index (χ0) is 19.4. The number of esters is 1. The first-order valence-electron chi connectivity index (χ1n) is 9.45. The van der Waals surface area contributed by atoms with Crippen molar-refractivity contribution in [3.63, 3.8) is 0 Å². The normalized spacial score (nSPS) is 22.9. The molecule has 1 fully saturated rings. The Morgan fingerprint density at radius 3 is 2.78 bits per heavy atom. The number of methoxy groups -OCH3 is 1. The van der Waals surface area contributed by atoms with Crippen molar-refractivity contribution in [3.8, 4) is 5.75 Å². The molecule has 0 saturated carbocycles. The average Bonchev–Trinajstić information content (AvgIpc) is 3.14. The van der Waals surface area contributed by atoms with E-state index in [0.717, 1.165) is 36.5 Å². The van der Waals surface area contributed by atoms with Crippen molar-refractivity contribution in [2.24, 2.45) is 10.9 Å². The highest BCUT2D eigenvalue weighted by Crippen LogP contribution is 2.32. The van der Waals surface area contributed by atoms with Gasteiger partial charge in [-0.2, -0.15) is 0 Å². The van der Waals surface area contributed by atoms with Crippen molar-refractivity contribution in [2.75, 3.05) is 26.8 Å². The van der Waals surface area contributed by atoms with Gasteiger partial charge in [0.05, 0.1) is 19.8 Å². The zero-order valence-corrected chi connectivity index (χ0v) is 17.0. The molecule has 3 rings (SSSR count). The van der Waals surface area contributed by atoms with Crippen LogP contribution in [-0.2, 0) is 16.1 Å². The maximum absolute atomic E-state index is 12.6. The Kier molecular flexibility index (Phi) is 6.44. The molecule has 1 aromatic carbocycles. The summed E-state index contributed by atoms with van der Waals surface area (Å²) in [6, 6.07) is 5.77. The molecule has 2 aliphatic rings. The van der Waals surface area contributed by atoms with Gasteiger partial charge in [-0.3, -0.25) is 9.69 Å². The van der Waals surface area contributed by atoms with E-state index in [-0.39, 0.29) is 12.0 Å². The van der Waals surface area contributed by atoms with E-state index in [0.29, 0.717) is 17.4 Å². The van der Waals surface area contributed by atoms with Crippen LogP contribution < -0.4 is 10.1 Å². The molecule has 6 nitrogen and oxygen atoms in total. The van der Waals surface area contributed by atoms with Crippen LogP contribution in [0.2, 0.25) is 0 Å². The second kappa shape index (κ2) is 8.80. The summed E-state index contributed by atoms with van der Waals surface area (Å²) in [5, 5.41) is 3.60. The lowest BCUT2D eigenvalue weighted by molar-refractivity contribution is -0.146. The van der Waals surface area contributed by atoms with Gasteiger partial charge in [-0.25, -0.2) is 4.99 Å². The SMILES string of the molecule is CCOC(=O)C1C(C)=NC(=S)NC1c1ccc(OC)c(CN2CCCC2)c1. The number of nitrogens with one attached hydrogen (secondary N) is 1. The molecular formula is C20H27N3O3S. The summed E-state index contributed by atoms with van der Waals surface area (Å²) in [5.41, 5.74) is 2.78. The van der Waals surface area contributed by atoms with E-state index < -0.39 is 5.92 Å². The molecule has 146 valence electrons. The number of ether oxygens (including phenoxy) is 2. The molecular weight excluding hydrogens is 362 g/mol. The molecule has 2 atom stereocenters. The topological polar surface area (TPSA) is 63.2 Å². The summed E-state index contributed by atoms with van der Waals surface area (Å²) in [7, 11) is 1.69. The van der Waals surface area contributed by atoms with E-state index in [4.69, 9.17) is 21.7 Å². The number of nitrogens with zero attached hydrogens (tertiary/aromatic N) is 2. The zero-order valence-electron chi connectivity index (χ0n) is 16.2. The Morgan fingerprint density at radius 1 is 1.37 bits per heavy atom. The quantitative estimate of drug-likeness (QED) is 0.596. The number of rotatable bonds is 6. The van der Waals surface area contributed by atoms with Gasteiger partial charge in [-0.05, 0) is 69.7 Å². The number of thiocarbonyl (C=S) groups is 1. The second-order valence-electron chi connectivity index (χ2n) is 6.96. The molecule has 2 unspecified atom stereocenters. The standard InChI is InChI=1S/C20H27N3O3S/c1-4-26-19(24)17-13(2)21-20(27)22-18(17)14-7-8-16(25-3)15(11-14)12-23-9-5-6-10-23/h7-8,11,17-18H,4-6,9-10,12H2,1-3H3,(H,22,27). The molecule has 0 radical (unpaired) electrons. The Balaban J connectivity index is 1.93. The fourth-order valence-electron chi connectivity index (χ4n) is 3.83. The number of hydrogen-bond acceptors (Lipinski definition) is 5. The number of likely N-dealkylation sites (tertiary alicyclic amines) is 1. The van der Waals surface area contributed by atoms with Gasteiger partial charge < -0.3 is 14.8 Å². The highest BCUT2D eigenvalue weighted by molar-refractivity contribution is 7.80. The first kappa shape index (κ1) is 19.8. The Labute approximate surface area is 165 Å². The molecule has 0 amide bonds. The lowest BCUT2D eigenvalue weighted by Crippen LogP contribution is -2.44. The minimum absolute atomic E-state index is 0.282. The van der Waals surface area contributed by atoms with E-state index in [1.807, 2.05) is 26.0 Å². The minimum Gasteiger partial charge on any atom is -0.496 e. The molecule has 0 aromatic heterocycles. The summed E-state index contributed by atoms with van der Waals surface area (Å²) >= 11 is 5.28. The molecule has 0 aliphatic carbocycles. The van der Waals surface area contributed by atoms with Crippen molar-refractivity contribution < 1.29 is 14.3 Å². The van der Waals surface area contributed by atoms with Gasteiger partial charge in [0.25, 0.3) is 0 Å². The van der Waals surface area contributed by atoms with Crippen LogP contribution in [0.1, 0.15) is 43.9 Å². The van der Waals surface area contributed by atoms with Gasteiger partial charge in [0, 0.05) is 17.8 Å². The summed E-state index contributed by atoms with van der Waals surface area (Å²) in [6.45, 7) is 7.03. The predicted molar refractivity (Wildman–Crippen MR) is 109 cm³/mol. The highest BCUT2D eigenvalue weighted by Gasteiger charge is 2.37. The largest absolute Gasteiger partial charge is 0.496 e. The van der Waals surface area contributed by atoms with Crippen LogP contribution in [0, 0.1) is 5.92 Å². The predicted octanol–water partition coefficient (Wildman–Crippen LogP) is 2.86. The molecule has 27 heavy (non-hydrogen) atoms. The van der Waals surface area contributed by atoms with Crippen molar-refractivity contribution in [1.82, 2.24) is 10.2 Å². The van der Waals surface area contributed by atoms with Gasteiger partial charge in [-0.15, -0.1) is 0 Å². The first-order valence-corrected chi connectivity index (χ1v) is 9.85. The van der Waals surface area contributed by atoms with Crippen LogP contribution >= 0.6 is 12.2 Å². The number of aliphatic imine (C=N–C) groups is 1. The minimum atomic E-state index is -0.496. The fourth-order valence-corrected chi connectivity index (χ4v) is 4.10. The maximum atomic E-state index is 12.6. The summed E-state index contributed by atoms with van der Waals surface area (Å²) in [6.07, 6.45) is 2.47. The summed E-state index contributed by atoms with van der Waals surface area (Å²) in [5.74, 6) is 0.0856. The van der Waals surface area contributed by atoms with E-state index in [2.05, 4.69) is 21.3 Å². The Morgan fingerprint density at radius 2 is 2.11 bits per heavy atom. The third-order valence-electron chi connectivity index (χ3n) is 5.14. The average molecular weight is 390 g/mol. The molecule has 2 heterocycles. The van der Waals surface area contributed by atoms with Crippen molar-refractivity contribution in [3.05, 3.63) is 29.3 Å². The van der Waals surface area contributed by atoms with E-state index in [1.54, 1.807) is 7.11 Å². The van der Waals surface area contributed by atoms with Gasteiger partial charge in [-0.1, -0.05) is 6.07 Å². The van der Waals surface area contributed by atoms with Gasteiger partial charge in [0.15, 0.2) is 5.11 Å². The second-order valence-corrected chi connectivity index (χ2v) is 7.35. The molecule has 2 aliphatic heterocycles. The molecule has 1 N–H and O–H groups in total. The number of hydrogen-bond donors (Lipinski definition) is 1. The summed E-state index contributed by atoms with van der Waals surface area (Å²) in [4.78, 5) is 19.3. The van der Waals surface area contributed by atoms with Crippen LogP contribution in [0.4, 0.5) is 0 Å². The van der Waals surface area contributed by atoms with Crippen LogP contribution in [-0.4, -0.2) is 48.5 Å². The number of carbonyl (C=O) groups is 1. The third-order valence-corrected chi connectivity index (χ3v) is 5.35. The Bertz CT molecular complexity index is 744. The number of benzene rings is 1. The lowest BCUT2D eigenvalue weighted by Gasteiger charge is -2.31. The lowest BCUT2D eigenvalue weighted by atomic mass is 9.87. The number of carbonyl (C=O) groups excluding carboxylic acids is 1. The summed E-state index contributed by atoms with van der Waals surface area (Å²) < 4.78 is 10.9. The van der Waals surface area contributed by atoms with Gasteiger partial charge in [0.2, 0.25) is 0 Å². The van der Waals surface area contributed by atoms with Crippen LogP contribution in [0.5, 0.6) is 5.75 Å². The fraction of sp³-hybridized carbons (Fsp3) is 0.550. The molecule has 1 saturated heterocycles. The van der Waals surface area contributed by atoms with Crippen molar-refractivity contribution in [1.29, 1.82) is 0 Å². The smallest absolute Gasteiger partial charge is 0.317 e. The van der Waals surface area contributed by atoms with Gasteiger partial charge in [0.1, 0.15) is 11.7 Å². The monoisotopic (exact) mass is 389 g/mol. The maximum Gasteiger partial charge on any atom is 0.317 e. The molecule has 7 heteroatoms. The van der Waals surface area contributed by atoms with Crippen molar-refractivity contribution >= 4 is 29.0 Å². The molecule has 0 spiro atoms.